The van der Waals surface area contributed by atoms with Gasteiger partial charge in [-0.3, -0.25) is 24.7 Å². The van der Waals surface area contributed by atoms with Crippen molar-refractivity contribution in [1.82, 2.24) is 10.3 Å². The molecule has 3 amide bonds. The van der Waals surface area contributed by atoms with Crippen molar-refractivity contribution in [1.29, 1.82) is 0 Å². The topological polar surface area (TPSA) is 92.5 Å². The van der Waals surface area contributed by atoms with Gasteiger partial charge < -0.3 is 0 Å². The molecule has 0 bridgehead atoms. The molecular weight excluding hydrogens is 290 g/mol. The first-order chi connectivity index (χ1) is 10.0. The Hall–Kier alpha value is -1.73. The van der Waals surface area contributed by atoms with Crippen LogP contribution in [0, 0.1) is 18.8 Å². The van der Waals surface area contributed by atoms with Gasteiger partial charge in [0.2, 0.25) is 11.8 Å². The van der Waals surface area contributed by atoms with E-state index in [0.717, 1.165) is 29.7 Å². The van der Waals surface area contributed by atoms with Crippen LogP contribution in [0.25, 0.3) is 0 Å². The Balaban J connectivity index is 1.81. The number of carbonyl (C=O) groups is 3. The second kappa shape index (κ2) is 5.23. The van der Waals surface area contributed by atoms with E-state index in [-0.39, 0.29) is 36.1 Å². The third kappa shape index (κ3) is 2.26. The Kier molecular flexibility index (Phi) is 3.54. The van der Waals surface area contributed by atoms with Crippen LogP contribution in [0.5, 0.6) is 0 Å². The van der Waals surface area contributed by atoms with Crippen LogP contribution < -0.4 is 11.3 Å². The van der Waals surface area contributed by atoms with E-state index in [1.807, 2.05) is 6.92 Å². The number of amides is 3. The molecule has 2 unspecified atom stereocenters. The number of rotatable bonds is 3. The third-order valence-corrected chi connectivity index (χ3v) is 5.48. The number of hydrogen-bond donors (Lipinski definition) is 2. The van der Waals surface area contributed by atoms with Crippen molar-refractivity contribution in [3.63, 3.8) is 0 Å². The molecular formula is C14H17N3O3S. The number of nitrogens with one attached hydrogen (secondary N) is 1. The van der Waals surface area contributed by atoms with Crippen LogP contribution in [0.3, 0.4) is 0 Å². The first-order valence-electron chi connectivity index (χ1n) is 6.98. The van der Waals surface area contributed by atoms with Gasteiger partial charge in [-0.15, -0.1) is 11.3 Å². The van der Waals surface area contributed by atoms with Crippen LogP contribution in [0.1, 0.15) is 39.4 Å². The zero-order chi connectivity index (χ0) is 15.1. The number of likely N-dealkylation sites (tertiary alicyclic amines) is 1. The lowest BCUT2D eigenvalue weighted by atomic mass is 10.00. The first-order valence-corrected chi connectivity index (χ1v) is 7.80. The number of hydrogen-bond acceptors (Lipinski definition) is 5. The maximum Gasteiger partial charge on any atom is 0.275 e. The predicted octanol–water partition coefficient (Wildman–Crippen LogP) is 0.945. The smallest absolute Gasteiger partial charge is 0.275 e. The number of nitrogens with two attached hydrogens (primary N) is 1. The van der Waals surface area contributed by atoms with Crippen LogP contribution in [0.15, 0.2) is 6.07 Å². The minimum atomic E-state index is -0.356. The molecule has 112 valence electrons. The Labute approximate surface area is 126 Å². The molecule has 2 heterocycles. The summed E-state index contributed by atoms with van der Waals surface area (Å²) in [7, 11) is 0. The number of carbonyl (C=O) groups excluding carboxylic acids is 3. The van der Waals surface area contributed by atoms with Crippen LogP contribution in [-0.2, 0) is 16.1 Å². The fourth-order valence-electron chi connectivity index (χ4n) is 3.25. The predicted molar refractivity (Wildman–Crippen MR) is 77.1 cm³/mol. The van der Waals surface area contributed by atoms with Crippen molar-refractivity contribution in [2.24, 2.45) is 17.7 Å². The Morgan fingerprint density at radius 2 is 2.00 bits per heavy atom. The van der Waals surface area contributed by atoms with Crippen molar-refractivity contribution in [3.8, 4) is 0 Å². The summed E-state index contributed by atoms with van der Waals surface area (Å²) in [5, 5.41) is 0. The van der Waals surface area contributed by atoms with E-state index in [1.165, 1.54) is 16.2 Å². The zero-order valence-electron chi connectivity index (χ0n) is 11.7. The molecule has 0 spiro atoms. The zero-order valence-corrected chi connectivity index (χ0v) is 12.5. The molecule has 0 radical (unpaired) electrons. The summed E-state index contributed by atoms with van der Waals surface area (Å²) in [6, 6.07) is 1.71. The van der Waals surface area contributed by atoms with E-state index < -0.39 is 0 Å². The number of thiophene rings is 1. The fraction of sp³-hybridized carbons (Fsp3) is 0.500. The van der Waals surface area contributed by atoms with Crippen molar-refractivity contribution in [3.05, 3.63) is 21.4 Å². The lowest BCUT2D eigenvalue weighted by Gasteiger charge is -2.15. The largest absolute Gasteiger partial charge is 0.289 e. The maximum atomic E-state index is 12.3. The molecule has 3 rings (SSSR count). The first kappa shape index (κ1) is 14.2. The molecule has 1 aromatic heterocycles. The van der Waals surface area contributed by atoms with E-state index in [1.54, 1.807) is 6.07 Å². The summed E-state index contributed by atoms with van der Waals surface area (Å²) >= 11 is 1.31. The molecule has 2 fully saturated rings. The normalized spacial score (nSPS) is 24.6. The second-order valence-electron chi connectivity index (χ2n) is 5.57. The highest BCUT2D eigenvalue weighted by Gasteiger charge is 2.49. The minimum Gasteiger partial charge on any atom is -0.289 e. The van der Waals surface area contributed by atoms with Crippen molar-refractivity contribution >= 4 is 29.1 Å². The highest BCUT2D eigenvalue weighted by atomic mass is 32.1. The number of fused-ring (bicyclic) bond motifs is 1. The second-order valence-corrected chi connectivity index (χ2v) is 6.83. The Morgan fingerprint density at radius 3 is 2.57 bits per heavy atom. The molecule has 1 saturated carbocycles. The van der Waals surface area contributed by atoms with Gasteiger partial charge in [-0.25, -0.2) is 5.84 Å². The lowest BCUT2D eigenvalue weighted by Crippen LogP contribution is -2.31. The van der Waals surface area contributed by atoms with Gasteiger partial charge >= 0.3 is 0 Å². The molecule has 1 aliphatic heterocycles. The standard InChI is InChI=1S/C14H17N3O3S/c1-7-8(5-11(21-7)12(18)16-15)6-17-13(19)9-3-2-4-10(9)14(17)20/h5,9-10H,2-4,6,15H2,1H3,(H,16,18). The Bertz CT molecular complexity index is 603. The molecule has 2 atom stereocenters. The number of imide groups is 1. The molecule has 1 aliphatic carbocycles. The van der Waals surface area contributed by atoms with Gasteiger partial charge in [-0.2, -0.15) is 0 Å². The summed E-state index contributed by atoms with van der Waals surface area (Å²) in [5.74, 6) is 4.41. The number of hydrazine groups is 1. The monoisotopic (exact) mass is 307 g/mol. The van der Waals surface area contributed by atoms with Crippen molar-refractivity contribution in [2.45, 2.75) is 32.7 Å². The summed E-state index contributed by atoms with van der Waals surface area (Å²) in [6.07, 6.45) is 2.59. The summed E-state index contributed by atoms with van der Waals surface area (Å²) in [5.41, 5.74) is 2.92. The summed E-state index contributed by atoms with van der Waals surface area (Å²) < 4.78 is 0. The van der Waals surface area contributed by atoms with E-state index in [4.69, 9.17) is 5.84 Å². The molecule has 2 aliphatic rings. The summed E-state index contributed by atoms with van der Waals surface area (Å²) in [4.78, 5) is 38.9. The van der Waals surface area contributed by atoms with Crippen LogP contribution >= 0.6 is 11.3 Å². The maximum absolute atomic E-state index is 12.3. The summed E-state index contributed by atoms with van der Waals surface area (Å²) in [6.45, 7) is 2.13. The van der Waals surface area contributed by atoms with E-state index >= 15 is 0 Å². The van der Waals surface area contributed by atoms with Gasteiger partial charge in [-0.1, -0.05) is 6.42 Å². The highest BCUT2D eigenvalue weighted by Crippen LogP contribution is 2.40. The molecule has 0 aromatic carbocycles. The number of aryl methyl sites for hydroxylation is 1. The molecule has 1 aromatic rings. The molecule has 1 saturated heterocycles. The van der Waals surface area contributed by atoms with Gasteiger partial charge in [0.05, 0.1) is 23.3 Å². The molecule has 3 N–H and O–H groups in total. The third-order valence-electron chi connectivity index (χ3n) is 4.39. The van der Waals surface area contributed by atoms with Gasteiger partial charge in [0.1, 0.15) is 0 Å². The van der Waals surface area contributed by atoms with E-state index in [0.29, 0.717) is 4.88 Å². The van der Waals surface area contributed by atoms with Crippen LogP contribution in [0.2, 0.25) is 0 Å². The SMILES string of the molecule is Cc1sc(C(=O)NN)cc1CN1C(=O)C2CCCC2C1=O. The quantitative estimate of drug-likeness (QED) is 0.376. The van der Waals surface area contributed by atoms with Crippen molar-refractivity contribution in [2.75, 3.05) is 0 Å². The van der Waals surface area contributed by atoms with E-state index in [9.17, 15) is 14.4 Å². The number of nitrogen functional groups attached to an aromatic ring is 1. The van der Waals surface area contributed by atoms with Gasteiger partial charge in [0.25, 0.3) is 5.91 Å². The molecule has 6 nitrogen and oxygen atoms in total. The average Bonchev–Trinajstić information content (AvgIpc) is 3.13. The van der Waals surface area contributed by atoms with Crippen LogP contribution in [0.4, 0.5) is 0 Å². The average molecular weight is 307 g/mol. The molecule has 7 heteroatoms. The fourth-order valence-corrected chi connectivity index (χ4v) is 4.18. The van der Waals surface area contributed by atoms with E-state index in [2.05, 4.69) is 5.43 Å². The van der Waals surface area contributed by atoms with Crippen molar-refractivity contribution < 1.29 is 14.4 Å². The van der Waals surface area contributed by atoms with Crippen LogP contribution in [-0.4, -0.2) is 22.6 Å². The molecule has 21 heavy (non-hydrogen) atoms. The number of nitrogens with zero attached hydrogens (tertiary/aromatic N) is 1. The van der Waals surface area contributed by atoms with Gasteiger partial charge in [-0.05, 0) is 31.4 Å². The highest BCUT2D eigenvalue weighted by molar-refractivity contribution is 7.14. The Morgan fingerprint density at radius 1 is 1.38 bits per heavy atom. The van der Waals surface area contributed by atoms with Gasteiger partial charge in [0.15, 0.2) is 0 Å². The lowest BCUT2D eigenvalue weighted by molar-refractivity contribution is -0.141. The van der Waals surface area contributed by atoms with Gasteiger partial charge in [0, 0.05) is 4.88 Å². The minimum absolute atomic E-state index is 0.0575.